The van der Waals surface area contributed by atoms with Crippen LogP contribution in [-0.4, -0.2) is 39.9 Å². The molecule has 0 aliphatic heterocycles. The van der Waals surface area contributed by atoms with Crippen LogP contribution in [0.3, 0.4) is 0 Å². The molecule has 8 heteroatoms. The predicted octanol–water partition coefficient (Wildman–Crippen LogP) is 0.275. The molecule has 3 N–H and O–H groups in total. The van der Waals surface area contributed by atoms with E-state index in [9.17, 15) is 19.7 Å². The van der Waals surface area contributed by atoms with Gasteiger partial charge in [0.25, 0.3) is 5.69 Å². The highest BCUT2D eigenvalue weighted by atomic mass is 16.6. The number of nitro groups is 1. The number of nitrogens with zero attached hydrogens (tertiary/aromatic N) is 2. The second-order valence-electron chi connectivity index (χ2n) is 4.32. The number of benzene rings is 1. The standard InChI is InChI=1S/C12H15N3O5/c1-8-9(3-2-4-10(8)15(19)20)5-14(6-11(13)16)7-12(17)18/h2-4H,5-7H2,1H3,(H2,13,16)(H,17,18). The summed E-state index contributed by atoms with van der Waals surface area (Å²) < 4.78 is 0. The van der Waals surface area contributed by atoms with Crippen molar-refractivity contribution in [3.8, 4) is 0 Å². The van der Waals surface area contributed by atoms with Gasteiger partial charge in [-0.2, -0.15) is 0 Å². The van der Waals surface area contributed by atoms with E-state index in [1.54, 1.807) is 13.0 Å². The summed E-state index contributed by atoms with van der Waals surface area (Å²) in [7, 11) is 0. The van der Waals surface area contributed by atoms with E-state index in [1.807, 2.05) is 0 Å². The molecule has 0 aliphatic rings. The van der Waals surface area contributed by atoms with E-state index in [4.69, 9.17) is 10.8 Å². The number of hydrogen-bond donors (Lipinski definition) is 2. The molecule has 0 aliphatic carbocycles. The van der Waals surface area contributed by atoms with Crippen molar-refractivity contribution in [2.75, 3.05) is 13.1 Å². The number of nitrogens with two attached hydrogens (primary N) is 1. The zero-order valence-electron chi connectivity index (χ0n) is 10.9. The van der Waals surface area contributed by atoms with Crippen LogP contribution in [0.2, 0.25) is 0 Å². The lowest BCUT2D eigenvalue weighted by atomic mass is 10.1. The molecule has 0 bridgehead atoms. The van der Waals surface area contributed by atoms with Gasteiger partial charge in [0.1, 0.15) is 0 Å². The Morgan fingerprint density at radius 1 is 1.40 bits per heavy atom. The van der Waals surface area contributed by atoms with Gasteiger partial charge in [0.15, 0.2) is 0 Å². The van der Waals surface area contributed by atoms with Crippen LogP contribution in [0.15, 0.2) is 18.2 Å². The van der Waals surface area contributed by atoms with Crippen molar-refractivity contribution in [3.05, 3.63) is 39.4 Å². The summed E-state index contributed by atoms with van der Waals surface area (Å²) in [6.07, 6.45) is 0. The van der Waals surface area contributed by atoms with Gasteiger partial charge in [-0.05, 0) is 12.5 Å². The molecular weight excluding hydrogens is 266 g/mol. The number of carbonyl (C=O) groups is 2. The van der Waals surface area contributed by atoms with Crippen LogP contribution in [0.25, 0.3) is 0 Å². The van der Waals surface area contributed by atoms with Gasteiger partial charge in [-0.15, -0.1) is 0 Å². The first-order valence-corrected chi connectivity index (χ1v) is 5.76. The number of rotatable bonds is 7. The largest absolute Gasteiger partial charge is 0.480 e. The maximum absolute atomic E-state index is 10.9. The molecule has 0 radical (unpaired) electrons. The molecule has 0 fully saturated rings. The van der Waals surface area contributed by atoms with Crippen LogP contribution in [0.1, 0.15) is 11.1 Å². The summed E-state index contributed by atoms with van der Waals surface area (Å²) in [4.78, 5) is 33.3. The van der Waals surface area contributed by atoms with E-state index in [0.717, 1.165) is 0 Å². The van der Waals surface area contributed by atoms with Crippen LogP contribution >= 0.6 is 0 Å². The third-order valence-electron chi connectivity index (χ3n) is 2.75. The number of primary amides is 1. The number of amides is 1. The van der Waals surface area contributed by atoms with Gasteiger partial charge in [0, 0.05) is 18.2 Å². The average molecular weight is 281 g/mol. The molecule has 0 heterocycles. The van der Waals surface area contributed by atoms with Gasteiger partial charge >= 0.3 is 5.97 Å². The van der Waals surface area contributed by atoms with Gasteiger partial charge in [-0.1, -0.05) is 12.1 Å². The Kier molecular flexibility index (Phi) is 5.15. The van der Waals surface area contributed by atoms with Gasteiger partial charge in [0.05, 0.1) is 18.0 Å². The first kappa shape index (κ1) is 15.6. The normalized spacial score (nSPS) is 10.5. The van der Waals surface area contributed by atoms with Crippen LogP contribution in [0, 0.1) is 17.0 Å². The molecule has 0 unspecified atom stereocenters. The highest BCUT2D eigenvalue weighted by Crippen LogP contribution is 2.22. The lowest BCUT2D eigenvalue weighted by Gasteiger charge is -2.19. The summed E-state index contributed by atoms with van der Waals surface area (Å²) in [6, 6.07) is 4.54. The summed E-state index contributed by atoms with van der Waals surface area (Å²) in [5.41, 5.74) is 6.04. The molecule has 0 spiro atoms. The fraction of sp³-hybridized carbons (Fsp3) is 0.333. The maximum atomic E-state index is 10.9. The lowest BCUT2D eigenvalue weighted by molar-refractivity contribution is -0.385. The van der Waals surface area contributed by atoms with Crippen LogP contribution < -0.4 is 5.73 Å². The molecule has 1 aromatic rings. The van der Waals surface area contributed by atoms with Crippen LogP contribution in [-0.2, 0) is 16.1 Å². The highest BCUT2D eigenvalue weighted by molar-refractivity contribution is 5.77. The summed E-state index contributed by atoms with van der Waals surface area (Å²) in [6.45, 7) is 1.08. The quantitative estimate of drug-likeness (QED) is 0.545. The minimum absolute atomic E-state index is 0.0446. The molecule has 108 valence electrons. The minimum atomic E-state index is -1.10. The van der Waals surface area contributed by atoms with Crippen LogP contribution in [0.4, 0.5) is 5.69 Å². The second-order valence-corrected chi connectivity index (χ2v) is 4.32. The molecule has 0 atom stereocenters. The Morgan fingerprint density at radius 2 is 2.05 bits per heavy atom. The van der Waals surface area contributed by atoms with Crippen molar-refractivity contribution in [2.45, 2.75) is 13.5 Å². The number of hydrogen-bond acceptors (Lipinski definition) is 5. The van der Waals surface area contributed by atoms with E-state index in [-0.39, 0.29) is 25.3 Å². The van der Waals surface area contributed by atoms with E-state index in [0.29, 0.717) is 11.1 Å². The molecule has 0 aromatic heterocycles. The maximum Gasteiger partial charge on any atom is 0.317 e. The van der Waals surface area contributed by atoms with Gasteiger partial charge in [-0.25, -0.2) is 0 Å². The Balaban J connectivity index is 2.98. The molecule has 1 aromatic carbocycles. The predicted molar refractivity (Wildman–Crippen MR) is 69.9 cm³/mol. The second kappa shape index (κ2) is 6.62. The number of carbonyl (C=O) groups excluding carboxylic acids is 1. The van der Waals surface area contributed by atoms with Gasteiger partial charge < -0.3 is 10.8 Å². The van der Waals surface area contributed by atoms with E-state index >= 15 is 0 Å². The van der Waals surface area contributed by atoms with Crippen LogP contribution in [0.5, 0.6) is 0 Å². The van der Waals surface area contributed by atoms with Crippen molar-refractivity contribution in [3.63, 3.8) is 0 Å². The van der Waals surface area contributed by atoms with E-state index in [2.05, 4.69) is 0 Å². The molecular formula is C12H15N3O5. The van der Waals surface area contributed by atoms with Crippen molar-refractivity contribution in [2.24, 2.45) is 5.73 Å². The third kappa shape index (κ3) is 4.32. The summed E-state index contributed by atoms with van der Waals surface area (Å²) >= 11 is 0. The monoisotopic (exact) mass is 281 g/mol. The Hall–Kier alpha value is -2.48. The van der Waals surface area contributed by atoms with E-state index in [1.165, 1.54) is 17.0 Å². The fourth-order valence-electron chi connectivity index (χ4n) is 1.86. The smallest absolute Gasteiger partial charge is 0.317 e. The first-order valence-electron chi connectivity index (χ1n) is 5.76. The summed E-state index contributed by atoms with van der Waals surface area (Å²) in [5, 5.41) is 19.6. The third-order valence-corrected chi connectivity index (χ3v) is 2.75. The van der Waals surface area contributed by atoms with Gasteiger partial charge in [-0.3, -0.25) is 24.6 Å². The topological polar surface area (TPSA) is 127 Å². The minimum Gasteiger partial charge on any atom is -0.480 e. The molecule has 0 saturated carbocycles. The van der Waals surface area contributed by atoms with Crippen molar-refractivity contribution < 1.29 is 19.6 Å². The van der Waals surface area contributed by atoms with Crippen molar-refractivity contribution in [1.82, 2.24) is 4.90 Å². The first-order chi connectivity index (χ1) is 9.31. The van der Waals surface area contributed by atoms with E-state index < -0.39 is 16.8 Å². The molecule has 0 saturated heterocycles. The Labute approximate surface area is 114 Å². The molecule has 20 heavy (non-hydrogen) atoms. The highest BCUT2D eigenvalue weighted by Gasteiger charge is 2.18. The number of carboxylic acids is 1. The SMILES string of the molecule is Cc1c(CN(CC(N)=O)CC(=O)O)cccc1[N+](=O)[O-]. The Bertz CT molecular complexity index is 528. The zero-order valence-corrected chi connectivity index (χ0v) is 10.9. The van der Waals surface area contributed by atoms with Crippen molar-refractivity contribution >= 4 is 17.6 Å². The number of carboxylic acid groups (broad SMARTS) is 1. The molecule has 8 nitrogen and oxygen atoms in total. The number of nitro benzene ring substituents is 1. The zero-order chi connectivity index (χ0) is 15.3. The van der Waals surface area contributed by atoms with Crippen molar-refractivity contribution in [1.29, 1.82) is 0 Å². The fourth-order valence-corrected chi connectivity index (χ4v) is 1.86. The molecule has 1 rings (SSSR count). The Morgan fingerprint density at radius 3 is 2.55 bits per heavy atom. The lowest BCUT2D eigenvalue weighted by Crippen LogP contribution is -2.37. The molecule has 1 amide bonds. The van der Waals surface area contributed by atoms with Gasteiger partial charge in [0.2, 0.25) is 5.91 Å². The summed E-state index contributed by atoms with van der Waals surface area (Å²) in [5.74, 6) is -1.76. The number of aliphatic carboxylic acids is 1. The average Bonchev–Trinajstić information content (AvgIpc) is 2.29.